The minimum absolute atomic E-state index is 0.850. The molecule has 0 aliphatic heterocycles. The highest BCUT2D eigenvalue weighted by atomic mass is 32.1. The zero-order valence-corrected chi connectivity index (χ0v) is 30.6. The average Bonchev–Trinajstić information content (AvgIpc) is 3.62. The van der Waals surface area contributed by atoms with E-state index in [1.165, 1.54) is 97.4 Å². The van der Waals surface area contributed by atoms with Crippen LogP contribution in [-0.4, -0.2) is 0 Å². The van der Waals surface area contributed by atoms with Gasteiger partial charge in [0.15, 0.2) is 0 Å². The van der Waals surface area contributed by atoms with Gasteiger partial charge in [0.1, 0.15) is 0 Å². The number of rotatable bonds is 7. The van der Waals surface area contributed by atoms with Crippen molar-refractivity contribution in [3.63, 3.8) is 0 Å². The van der Waals surface area contributed by atoms with E-state index in [4.69, 9.17) is 0 Å². The average molecular weight is 705 g/mol. The van der Waals surface area contributed by atoms with Crippen molar-refractivity contribution in [3.05, 3.63) is 217 Å². The molecule has 0 saturated heterocycles. The summed E-state index contributed by atoms with van der Waals surface area (Å²) in [5, 5.41) is 7.72. The van der Waals surface area contributed by atoms with Crippen molar-refractivity contribution in [1.82, 2.24) is 0 Å². The van der Waals surface area contributed by atoms with E-state index in [2.05, 4.69) is 206 Å². The van der Waals surface area contributed by atoms with Crippen LogP contribution in [0, 0.1) is 0 Å². The minimum Gasteiger partial charge on any atom is -0.135 e. The first-order valence-corrected chi connectivity index (χ1v) is 19.4. The van der Waals surface area contributed by atoms with Gasteiger partial charge in [-0.05, 0) is 120 Å². The molecule has 10 aromatic rings. The summed E-state index contributed by atoms with van der Waals surface area (Å²) < 4.78 is 2.68. The summed E-state index contributed by atoms with van der Waals surface area (Å²) in [5.74, 6) is 0. The maximum Gasteiger partial charge on any atom is 0.0355 e. The molecule has 54 heavy (non-hydrogen) atoms. The van der Waals surface area contributed by atoms with Crippen molar-refractivity contribution < 1.29 is 0 Å². The summed E-state index contributed by atoms with van der Waals surface area (Å²) in [5.41, 5.74) is 12.5. The van der Waals surface area contributed by atoms with Gasteiger partial charge in [-0.1, -0.05) is 170 Å². The standard InChI is InChI=1S/C53H36S/c1-2-8-38(9-3-1)49(31-37-16-20-41(21-17-37)48-28-29-53-51(35-48)50-12-6-7-13-52(50)54-53)30-36-14-18-40(19-15-36)43-24-25-46-34-47(27-26-45(46)33-43)44-23-22-39-10-4-5-11-42(39)32-44/h1-29,31-35H,30H2/b49-31-. The molecule has 0 spiro atoms. The highest BCUT2D eigenvalue weighted by Gasteiger charge is 2.09. The maximum atomic E-state index is 2.35. The molecule has 0 amide bonds. The Morgan fingerprint density at radius 3 is 1.59 bits per heavy atom. The molecule has 0 aliphatic carbocycles. The predicted octanol–water partition coefficient (Wildman–Crippen LogP) is 15.1. The Kier molecular flexibility index (Phi) is 8.20. The topological polar surface area (TPSA) is 0 Å². The van der Waals surface area contributed by atoms with Crippen LogP contribution >= 0.6 is 11.3 Å². The fourth-order valence-electron chi connectivity index (χ4n) is 7.78. The van der Waals surface area contributed by atoms with Crippen molar-refractivity contribution in [2.75, 3.05) is 0 Å². The molecule has 0 fully saturated rings. The first-order chi connectivity index (χ1) is 26.7. The van der Waals surface area contributed by atoms with E-state index in [9.17, 15) is 0 Å². The Bertz CT molecular complexity index is 2980. The van der Waals surface area contributed by atoms with Gasteiger partial charge >= 0.3 is 0 Å². The molecule has 1 heterocycles. The summed E-state index contributed by atoms with van der Waals surface area (Å²) in [6.07, 6.45) is 3.20. The lowest BCUT2D eigenvalue weighted by molar-refractivity contribution is 1.29. The third-order valence-corrected chi connectivity index (χ3v) is 11.9. The summed E-state index contributed by atoms with van der Waals surface area (Å²) in [6.45, 7) is 0. The Balaban J connectivity index is 0.895. The largest absolute Gasteiger partial charge is 0.135 e. The molecule has 0 nitrogen and oxygen atoms in total. The van der Waals surface area contributed by atoms with Gasteiger partial charge in [0.2, 0.25) is 0 Å². The molecule has 0 N–H and O–H groups in total. The van der Waals surface area contributed by atoms with Crippen molar-refractivity contribution in [1.29, 1.82) is 0 Å². The predicted molar refractivity (Wildman–Crippen MR) is 235 cm³/mol. The molecule has 1 heteroatoms. The monoisotopic (exact) mass is 704 g/mol. The number of benzene rings is 9. The summed E-state index contributed by atoms with van der Waals surface area (Å²) in [6, 6.07) is 73.4. The van der Waals surface area contributed by atoms with Crippen LogP contribution < -0.4 is 0 Å². The van der Waals surface area contributed by atoms with Gasteiger partial charge in [0.25, 0.3) is 0 Å². The van der Waals surface area contributed by atoms with Gasteiger partial charge in [0, 0.05) is 20.2 Å². The SMILES string of the molecule is C(=C(\Cc1ccc(-c2ccc3cc(-c4ccc5ccccc5c4)ccc3c2)cc1)c1ccccc1)/c1ccc(-c2ccc3sc4ccccc4c3c2)cc1. The number of thiophene rings is 1. The first-order valence-electron chi connectivity index (χ1n) is 18.6. The van der Waals surface area contributed by atoms with E-state index in [1.807, 2.05) is 11.3 Å². The summed E-state index contributed by atoms with van der Waals surface area (Å²) in [7, 11) is 0. The van der Waals surface area contributed by atoms with E-state index < -0.39 is 0 Å². The highest BCUT2D eigenvalue weighted by Crippen LogP contribution is 2.37. The third-order valence-electron chi connectivity index (χ3n) is 10.7. The van der Waals surface area contributed by atoms with E-state index in [0.717, 1.165) is 6.42 Å². The lowest BCUT2D eigenvalue weighted by Crippen LogP contribution is -1.92. The van der Waals surface area contributed by atoms with E-state index in [0.29, 0.717) is 0 Å². The number of hydrogen-bond acceptors (Lipinski definition) is 1. The molecule has 0 atom stereocenters. The van der Waals surface area contributed by atoms with Gasteiger partial charge < -0.3 is 0 Å². The first kappa shape index (κ1) is 32.1. The van der Waals surface area contributed by atoms with Gasteiger partial charge in [-0.3, -0.25) is 0 Å². The minimum atomic E-state index is 0.850. The molecule has 10 rings (SSSR count). The van der Waals surface area contributed by atoms with Crippen molar-refractivity contribution in [2.24, 2.45) is 0 Å². The van der Waals surface area contributed by atoms with Gasteiger partial charge in [-0.15, -0.1) is 11.3 Å². The second kappa shape index (κ2) is 13.8. The van der Waals surface area contributed by atoms with Crippen LogP contribution in [-0.2, 0) is 6.42 Å². The second-order valence-electron chi connectivity index (χ2n) is 14.2. The van der Waals surface area contributed by atoms with Crippen LogP contribution in [0.4, 0.5) is 0 Å². The molecule has 254 valence electrons. The maximum absolute atomic E-state index is 2.35. The molecule has 0 radical (unpaired) electrons. The smallest absolute Gasteiger partial charge is 0.0355 e. The second-order valence-corrected chi connectivity index (χ2v) is 15.3. The van der Waals surface area contributed by atoms with E-state index in [1.54, 1.807) is 0 Å². The fourth-order valence-corrected chi connectivity index (χ4v) is 8.86. The van der Waals surface area contributed by atoms with Crippen LogP contribution in [0.2, 0.25) is 0 Å². The van der Waals surface area contributed by atoms with Gasteiger partial charge in [-0.2, -0.15) is 0 Å². The Morgan fingerprint density at radius 1 is 0.370 bits per heavy atom. The van der Waals surface area contributed by atoms with Crippen molar-refractivity contribution in [3.8, 4) is 33.4 Å². The highest BCUT2D eigenvalue weighted by molar-refractivity contribution is 7.25. The Morgan fingerprint density at radius 2 is 0.870 bits per heavy atom. The zero-order valence-electron chi connectivity index (χ0n) is 29.7. The molecule has 0 saturated carbocycles. The lowest BCUT2D eigenvalue weighted by atomic mass is 9.93. The van der Waals surface area contributed by atoms with Crippen LogP contribution in [0.1, 0.15) is 16.7 Å². The summed E-state index contributed by atoms with van der Waals surface area (Å²) in [4.78, 5) is 0. The quantitative estimate of drug-likeness (QED) is 0.145. The van der Waals surface area contributed by atoms with Gasteiger partial charge in [-0.25, -0.2) is 0 Å². The molecule has 0 bridgehead atoms. The third kappa shape index (κ3) is 6.30. The summed E-state index contributed by atoms with van der Waals surface area (Å²) >= 11 is 1.87. The molecular weight excluding hydrogens is 669 g/mol. The zero-order chi connectivity index (χ0) is 35.8. The van der Waals surface area contributed by atoms with Gasteiger partial charge in [0.05, 0.1) is 0 Å². The normalized spacial score (nSPS) is 11.9. The van der Waals surface area contributed by atoms with Crippen LogP contribution in [0.3, 0.4) is 0 Å². The van der Waals surface area contributed by atoms with Crippen LogP contribution in [0.5, 0.6) is 0 Å². The molecule has 0 unspecified atom stereocenters. The van der Waals surface area contributed by atoms with Crippen molar-refractivity contribution >= 4 is 64.7 Å². The molecule has 9 aromatic carbocycles. The van der Waals surface area contributed by atoms with Crippen LogP contribution in [0.15, 0.2) is 200 Å². The number of fused-ring (bicyclic) bond motifs is 5. The fraction of sp³-hybridized carbons (Fsp3) is 0.0189. The molecular formula is C53H36S. The number of allylic oxidation sites excluding steroid dienone is 1. The lowest BCUT2D eigenvalue weighted by Gasteiger charge is -2.11. The van der Waals surface area contributed by atoms with E-state index >= 15 is 0 Å². The van der Waals surface area contributed by atoms with Crippen molar-refractivity contribution in [2.45, 2.75) is 6.42 Å². The Hall–Kier alpha value is -6.54. The van der Waals surface area contributed by atoms with E-state index in [-0.39, 0.29) is 0 Å². The number of hydrogen-bond donors (Lipinski definition) is 0. The molecule has 0 aliphatic rings. The van der Waals surface area contributed by atoms with Crippen LogP contribution in [0.25, 0.3) is 86.7 Å². The molecule has 1 aromatic heterocycles. The Labute approximate surface area is 319 Å².